The summed E-state index contributed by atoms with van der Waals surface area (Å²) in [4.78, 5) is 69.2. The molecule has 0 rings (SSSR count). The molecule has 2 amide bonds. The second kappa shape index (κ2) is 13.6. The van der Waals surface area contributed by atoms with E-state index in [1.165, 1.54) is 26.4 Å². The van der Waals surface area contributed by atoms with E-state index in [0.29, 0.717) is 0 Å². The van der Waals surface area contributed by atoms with Gasteiger partial charge in [-0.3, -0.25) is 19.2 Å². The minimum atomic E-state index is -1.35. The fraction of sp³-hybridized carbons (Fsp3) is 0.444. The number of ether oxygens (including phenoxy) is 3. The van der Waals surface area contributed by atoms with Crippen molar-refractivity contribution in [1.82, 2.24) is 10.6 Å². The third-order valence-corrected chi connectivity index (χ3v) is 3.11. The molecule has 160 valence electrons. The van der Waals surface area contributed by atoms with Gasteiger partial charge in [0.1, 0.15) is 12.1 Å². The highest BCUT2D eigenvalue weighted by Crippen LogP contribution is 2.01. The summed E-state index contributed by atoms with van der Waals surface area (Å²) in [5.74, 6) is -4.59. The summed E-state index contributed by atoms with van der Waals surface area (Å²) in [5, 5.41) is 4.50. The lowest BCUT2D eigenvalue weighted by Gasteiger charge is -2.16. The molecule has 2 unspecified atom stereocenters. The van der Waals surface area contributed by atoms with E-state index in [-0.39, 0.29) is 12.8 Å². The first kappa shape index (κ1) is 25.5. The molecule has 0 aliphatic carbocycles. The molecule has 0 aliphatic heterocycles. The smallest absolute Gasteiger partial charge is 0.340 e. The van der Waals surface area contributed by atoms with E-state index in [4.69, 9.17) is 4.74 Å². The lowest BCUT2D eigenvalue weighted by molar-refractivity contribution is -0.162. The SMILES string of the molecule is COC(=O)C/C=C/C(NC(C)=O)C(=O)OC(=O)C(/C=C/CC(=O)OC)NC(C)=O. The largest absolute Gasteiger partial charge is 0.469 e. The Labute approximate surface area is 167 Å². The highest BCUT2D eigenvalue weighted by Gasteiger charge is 2.26. The summed E-state index contributed by atoms with van der Waals surface area (Å²) in [6.45, 7) is 2.29. The molecule has 0 aliphatic rings. The summed E-state index contributed by atoms with van der Waals surface area (Å²) >= 11 is 0. The van der Waals surface area contributed by atoms with E-state index in [2.05, 4.69) is 20.1 Å². The van der Waals surface area contributed by atoms with Crippen LogP contribution in [-0.4, -0.2) is 62.0 Å². The minimum absolute atomic E-state index is 0.168. The van der Waals surface area contributed by atoms with Crippen molar-refractivity contribution in [1.29, 1.82) is 0 Å². The molecule has 0 aromatic heterocycles. The third kappa shape index (κ3) is 11.7. The number of amides is 2. The first-order valence-corrected chi connectivity index (χ1v) is 8.37. The van der Waals surface area contributed by atoms with E-state index in [1.54, 1.807) is 0 Å². The molecular formula is C18H24N2O9. The molecule has 2 atom stereocenters. The summed E-state index contributed by atoms with van der Waals surface area (Å²) in [5.41, 5.74) is 0. The number of carbonyl (C=O) groups is 6. The van der Waals surface area contributed by atoms with E-state index in [9.17, 15) is 28.8 Å². The quantitative estimate of drug-likeness (QED) is 0.205. The van der Waals surface area contributed by atoms with E-state index in [1.807, 2.05) is 0 Å². The normalized spacial score (nSPS) is 12.7. The summed E-state index contributed by atoms with van der Waals surface area (Å²) in [6, 6.07) is -2.70. The Hall–Kier alpha value is -3.50. The van der Waals surface area contributed by atoms with Crippen LogP contribution in [0.4, 0.5) is 0 Å². The molecule has 0 saturated carbocycles. The first-order chi connectivity index (χ1) is 13.6. The van der Waals surface area contributed by atoms with Crippen molar-refractivity contribution in [3.05, 3.63) is 24.3 Å². The molecule has 29 heavy (non-hydrogen) atoms. The lowest BCUT2D eigenvalue weighted by atomic mass is 10.2. The van der Waals surface area contributed by atoms with Gasteiger partial charge in [0.15, 0.2) is 0 Å². The van der Waals surface area contributed by atoms with Crippen molar-refractivity contribution in [2.45, 2.75) is 38.8 Å². The zero-order chi connectivity index (χ0) is 22.4. The predicted molar refractivity (Wildman–Crippen MR) is 97.9 cm³/mol. The highest BCUT2D eigenvalue weighted by molar-refractivity contribution is 5.95. The number of methoxy groups -OCH3 is 2. The molecule has 0 saturated heterocycles. The van der Waals surface area contributed by atoms with E-state index < -0.39 is 47.8 Å². The zero-order valence-electron chi connectivity index (χ0n) is 16.6. The van der Waals surface area contributed by atoms with Gasteiger partial charge in [-0.05, 0) is 0 Å². The maximum Gasteiger partial charge on any atom is 0.340 e. The Bertz CT molecular complexity index is 639. The number of rotatable bonds is 10. The Morgan fingerprint density at radius 1 is 0.724 bits per heavy atom. The highest BCUT2D eigenvalue weighted by atomic mass is 16.6. The van der Waals surface area contributed by atoms with Gasteiger partial charge in [0, 0.05) is 13.8 Å². The molecule has 11 nitrogen and oxygen atoms in total. The van der Waals surface area contributed by atoms with Crippen LogP contribution in [0.1, 0.15) is 26.7 Å². The van der Waals surface area contributed by atoms with Crippen LogP contribution in [0.5, 0.6) is 0 Å². The van der Waals surface area contributed by atoms with Gasteiger partial charge in [-0.25, -0.2) is 9.59 Å². The molecule has 0 aromatic rings. The topological polar surface area (TPSA) is 154 Å². The van der Waals surface area contributed by atoms with Crippen LogP contribution in [-0.2, 0) is 43.0 Å². The van der Waals surface area contributed by atoms with Crippen LogP contribution >= 0.6 is 0 Å². The van der Waals surface area contributed by atoms with Crippen molar-refractivity contribution in [2.75, 3.05) is 14.2 Å². The van der Waals surface area contributed by atoms with Gasteiger partial charge in [-0.2, -0.15) is 0 Å². The maximum absolute atomic E-state index is 12.2. The Balaban J connectivity index is 5.20. The number of carbonyl (C=O) groups excluding carboxylic acids is 6. The Kier molecular flexibility index (Phi) is 12.0. The van der Waals surface area contributed by atoms with Gasteiger partial charge in [0.2, 0.25) is 11.8 Å². The molecule has 0 fully saturated rings. The molecule has 0 heterocycles. The molecule has 11 heteroatoms. The molecule has 0 aromatic carbocycles. The van der Waals surface area contributed by atoms with Crippen LogP contribution in [0.2, 0.25) is 0 Å². The summed E-state index contributed by atoms with van der Waals surface area (Å²) in [7, 11) is 2.37. The van der Waals surface area contributed by atoms with Crippen LogP contribution in [0.15, 0.2) is 24.3 Å². The molecular weight excluding hydrogens is 388 g/mol. The minimum Gasteiger partial charge on any atom is -0.469 e. The van der Waals surface area contributed by atoms with Gasteiger partial charge >= 0.3 is 23.9 Å². The zero-order valence-corrected chi connectivity index (χ0v) is 16.6. The van der Waals surface area contributed by atoms with Gasteiger partial charge in [-0.15, -0.1) is 0 Å². The van der Waals surface area contributed by atoms with Crippen LogP contribution in [0.25, 0.3) is 0 Å². The standard InChI is InChI=1S/C18H24N2O9/c1-11(21)19-13(7-5-9-15(23)27-3)17(25)29-18(26)14(20-12(2)22)8-6-10-16(24)28-4/h5-8,13-14H,9-10H2,1-4H3,(H,19,21)(H,20,22)/b7-5+,8-6+. The number of nitrogens with one attached hydrogen (secondary N) is 2. The van der Waals surface area contributed by atoms with Gasteiger partial charge < -0.3 is 24.8 Å². The third-order valence-electron chi connectivity index (χ3n) is 3.11. The van der Waals surface area contributed by atoms with Crippen molar-refractivity contribution in [2.24, 2.45) is 0 Å². The summed E-state index contributed by atoms with van der Waals surface area (Å²) in [6.07, 6.45) is 4.51. The van der Waals surface area contributed by atoms with Crippen LogP contribution in [0, 0.1) is 0 Å². The van der Waals surface area contributed by atoms with E-state index >= 15 is 0 Å². The number of esters is 4. The predicted octanol–water partition coefficient (Wildman–Crippen LogP) is -0.696. The van der Waals surface area contributed by atoms with Crippen molar-refractivity contribution in [3.63, 3.8) is 0 Å². The Morgan fingerprint density at radius 2 is 1.07 bits per heavy atom. The van der Waals surface area contributed by atoms with Gasteiger partial charge in [0.25, 0.3) is 0 Å². The second-order valence-corrected chi connectivity index (χ2v) is 5.51. The van der Waals surface area contributed by atoms with E-state index in [0.717, 1.165) is 26.0 Å². The summed E-state index contributed by atoms with van der Waals surface area (Å²) < 4.78 is 13.6. The molecule has 0 bridgehead atoms. The Morgan fingerprint density at radius 3 is 1.34 bits per heavy atom. The van der Waals surface area contributed by atoms with Crippen molar-refractivity contribution in [3.8, 4) is 0 Å². The van der Waals surface area contributed by atoms with Gasteiger partial charge in [-0.1, -0.05) is 24.3 Å². The maximum atomic E-state index is 12.2. The van der Waals surface area contributed by atoms with Gasteiger partial charge in [0.05, 0.1) is 27.1 Å². The monoisotopic (exact) mass is 412 g/mol. The molecule has 0 radical (unpaired) electrons. The average Bonchev–Trinajstić information content (AvgIpc) is 2.65. The lowest BCUT2D eigenvalue weighted by Crippen LogP contribution is -2.44. The number of hydrogen-bond donors (Lipinski definition) is 2. The van der Waals surface area contributed by atoms with Crippen LogP contribution in [0.3, 0.4) is 0 Å². The fourth-order valence-electron chi connectivity index (χ4n) is 1.80. The van der Waals surface area contributed by atoms with Crippen molar-refractivity contribution < 1.29 is 43.0 Å². The average molecular weight is 412 g/mol. The second-order valence-electron chi connectivity index (χ2n) is 5.51. The fourth-order valence-corrected chi connectivity index (χ4v) is 1.80. The molecule has 2 N–H and O–H groups in total. The number of hydrogen-bond acceptors (Lipinski definition) is 9. The molecule has 0 spiro atoms. The first-order valence-electron chi connectivity index (χ1n) is 8.37. The van der Waals surface area contributed by atoms with Crippen LogP contribution < -0.4 is 10.6 Å². The van der Waals surface area contributed by atoms with Crippen molar-refractivity contribution >= 4 is 35.7 Å².